The lowest BCUT2D eigenvalue weighted by Crippen LogP contribution is -2.58. The molecule has 1 aromatic carbocycles. The smallest absolute Gasteiger partial charge is 0.324 e. The number of benzene rings is 1. The number of hydrogen-bond acceptors (Lipinski definition) is 3. The third kappa shape index (κ3) is 4.86. The molecule has 7 nitrogen and oxygen atoms in total. The van der Waals surface area contributed by atoms with Crippen molar-refractivity contribution in [1.82, 2.24) is 15.8 Å². The van der Waals surface area contributed by atoms with Crippen LogP contribution in [0.15, 0.2) is 24.3 Å². The lowest BCUT2D eigenvalue weighted by Gasteiger charge is -2.34. The van der Waals surface area contributed by atoms with Crippen LogP contribution in [0.4, 0.5) is 15.3 Å². The highest BCUT2D eigenvalue weighted by molar-refractivity contribution is 6.30. The van der Waals surface area contributed by atoms with Crippen molar-refractivity contribution in [2.75, 3.05) is 12.4 Å². The third-order valence-electron chi connectivity index (χ3n) is 4.00. The first-order valence-electron chi connectivity index (χ1n) is 7.79. The maximum Gasteiger partial charge on any atom is 0.338 e. The van der Waals surface area contributed by atoms with Gasteiger partial charge < -0.3 is 15.4 Å². The van der Waals surface area contributed by atoms with Crippen LogP contribution in [0.2, 0.25) is 5.02 Å². The van der Waals surface area contributed by atoms with Gasteiger partial charge in [0.2, 0.25) is 0 Å². The van der Waals surface area contributed by atoms with E-state index >= 15 is 0 Å². The van der Waals surface area contributed by atoms with Gasteiger partial charge in [0.05, 0.1) is 5.54 Å². The van der Waals surface area contributed by atoms with Gasteiger partial charge in [-0.2, -0.15) is 0 Å². The largest absolute Gasteiger partial charge is 0.338 e. The van der Waals surface area contributed by atoms with Crippen LogP contribution in [0.1, 0.15) is 32.1 Å². The molecule has 1 fully saturated rings. The number of rotatable bonds is 3. The molecule has 0 aliphatic heterocycles. The Bertz CT molecular complexity index is 600. The van der Waals surface area contributed by atoms with E-state index in [2.05, 4.69) is 16.1 Å². The molecule has 8 heteroatoms. The molecule has 0 aromatic heterocycles. The summed E-state index contributed by atoms with van der Waals surface area (Å²) in [5, 5.41) is 6.88. The van der Waals surface area contributed by atoms with Gasteiger partial charge in [0.1, 0.15) is 6.29 Å². The number of amides is 4. The van der Waals surface area contributed by atoms with E-state index in [9.17, 15) is 14.4 Å². The van der Waals surface area contributed by atoms with Crippen molar-refractivity contribution in [1.29, 1.82) is 0 Å². The molecule has 0 unspecified atom stereocenters. The summed E-state index contributed by atoms with van der Waals surface area (Å²) in [5.74, 6) is 0. The minimum absolute atomic E-state index is 0.532. The number of nitrogens with zero attached hydrogens (tertiary/aromatic N) is 1. The molecule has 0 spiro atoms. The molecular formula is C16H21ClN4O3. The summed E-state index contributed by atoms with van der Waals surface area (Å²) < 4.78 is 0. The van der Waals surface area contributed by atoms with E-state index < -0.39 is 17.6 Å². The zero-order valence-electron chi connectivity index (χ0n) is 13.5. The summed E-state index contributed by atoms with van der Waals surface area (Å²) in [6.07, 6.45) is 4.88. The molecular weight excluding hydrogens is 332 g/mol. The van der Waals surface area contributed by atoms with E-state index in [4.69, 9.17) is 11.6 Å². The molecule has 1 aliphatic rings. The second-order valence-electron chi connectivity index (χ2n) is 5.90. The number of nitrogens with one attached hydrogen (secondary N) is 3. The van der Waals surface area contributed by atoms with Crippen LogP contribution in [0.3, 0.4) is 0 Å². The molecule has 1 aliphatic carbocycles. The van der Waals surface area contributed by atoms with E-state index in [1.165, 1.54) is 7.05 Å². The van der Waals surface area contributed by atoms with Gasteiger partial charge in [-0.25, -0.2) is 20.0 Å². The molecule has 1 aromatic rings. The molecule has 4 amide bonds. The fraction of sp³-hybridized carbons (Fsp3) is 0.438. The van der Waals surface area contributed by atoms with E-state index in [0.717, 1.165) is 30.6 Å². The minimum Gasteiger partial charge on any atom is -0.324 e. The van der Waals surface area contributed by atoms with Gasteiger partial charge in [-0.15, -0.1) is 0 Å². The number of carbonyl (C=O) groups excluding carboxylic acids is 3. The van der Waals surface area contributed by atoms with Crippen LogP contribution < -0.4 is 16.1 Å². The highest BCUT2D eigenvalue weighted by Gasteiger charge is 2.34. The van der Waals surface area contributed by atoms with Gasteiger partial charge in [-0.05, 0) is 37.1 Å². The van der Waals surface area contributed by atoms with Gasteiger partial charge in [-0.1, -0.05) is 30.9 Å². The second kappa shape index (κ2) is 8.01. The van der Waals surface area contributed by atoms with E-state index in [0.29, 0.717) is 23.6 Å². The zero-order chi connectivity index (χ0) is 17.6. The summed E-state index contributed by atoms with van der Waals surface area (Å²) in [5.41, 5.74) is 2.10. The van der Waals surface area contributed by atoms with Gasteiger partial charge in [0.25, 0.3) is 0 Å². The third-order valence-corrected chi connectivity index (χ3v) is 4.26. The lowest BCUT2D eigenvalue weighted by atomic mass is 9.83. The zero-order valence-corrected chi connectivity index (χ0v) is 14.2. The van der Waals surface area contributed by atoms with E-state index in [1.807, 2.05) is 0 Å². The molecule has 0 atom stereocenters. The number of anilines is 1. The number of halogens is 1. The Morgan fingerprint density at radius 2 is 1.79 bits per heavy atom. The Morgan fingerprint density at radius 3 is 2.38 bits per heavy atom. The van der Waals surface area contributed by atoms with Crippen LogP contribution in [0.5, 0.6) is 0 Å². The molecule has 0 bridgehead atoms. The Balaban J connectivity index is 1.87. The second-order valence-corrected chi connectivity index (χ2v) is 6.33. The van der Waals surface area contributed by atoms with Crippen LogP contribution in [0, 0.1) is 0 Å². The van der Waals surface area contributed by atoms with Crippen molar-refractivity contribution < 1.29 is 14.4 Å². The lowest BCUT2D eigenvalue weighted by molar-refractivity contribution is -0.114. The maximum absolute atomic E-state index is 12.2. The molecule has 0 heterocycles. The van der Waals surface area contributed by atoms with Crippen molar-refractivity contribution in [3.8, 4) is 0 Å². The summed E-state index contributed by atoms with van der Waals surface area (Å²) in [4.78, 5) is 35.5. The topological polar surface area (TPSA) is 90.5 Å². The number of hydrazine groups is 1. The fourth-order valence-electron chi connectivity index (χ4n) is 2.65. The first-order valence-corrected chi connectivity index (χ1v) is 8.17. The standard InChI is InChI=1S/C16H21ClN4O3/c1-21(15(24)19-16(11-22)9-3-2-4-10-16)20-14(23)18-13-7-5-12(17)6-8-13/h5-8,11H,2-4,9-10H2,1H3,(H,19,24)(H2,18,20,23). The Morgan fingerprint density at radius 1 is 1.17 bits per heavy atom. The summed E-state index contributed by atoms with van der Waals surface area (Å²) >= 11 is 5.78. The molecule has 3 N–H and O–H groups in total. The summed E-state index contributed by atoms with van der Waals surface area (Å²) in [6, 6.07) is 5.47. The predicted octanol–water partition coefficient (Wildman–Crippen LogP) is 2.92. The average Bonchev–Trinajstić information content (AvgIpc) is 2.57. The molecule has 0 saturated heterocycles. The fourth-order valence-corrected chi connectivity index (χ4v) is 2.77. The van der Waals surface area contributed by atoms with Crippen LogP contribution >= 0.6 is 11.6 Å². The summed E-state index contributed by atoms with van der Waals surface area (Å²) in [7, 11) is 1.41. The first kappa shape index (κ1) is 18.1. The van der Waals surface area contributed by atoms with Crippen LogP contribution in [0.25, 0.3) is 0 Å². The normalized spacial score (nSPS) is 15.9. The molecule has 0 radical (unpaired) electrons. The van der Waals surface area contributed by atoms with E-state index in [1.54, 1.807) is 24.3 Å². The first-order chi connectivity index (χ1) is 11.4. The SMILES string of the molecule is CN(NC(=O)Nc1ccc(Cl)cc1)C(=O)NC1(C=O)CCCCC1. The quantitative estimate of drug-likeness (QED) is 0.577. The minimum atomic E-state index is -0.835. The average molecular weight is 353 g/mol. The van der Waals surface area contributed by atoms with Crippen molar-refractivity contribution in [2.24, 2.45) is 0 Å². The highest BCUT2D eigenvalue weighted by atomic mass is 35.5. The van der Waals surface area contributed by atoms with Crippen molar-refractivity contribution in [3.05, 3.63) is 29.3 Å². The van der Waals surface area contributed by atoms with Gasteiger partial charge in [0.15, 0.2) is 0 Å². The van der Waals surface area contributed by atoms with Crippen molar-refractivity contribution >= 4 is 35.6 Å². The highest BCUT2D eigenvalue weighted by Crippen LogP contribution is 2.26. The van der Waals surface area contributed by atoms with Gasteiger partial charge >= 0.3 is 12.1 Å². The summed E-state index contributed by atoms with van der Waals surface area (Å²) in [6.45, 7) is 0. The maximum atomic E-state index is 12.2. The molecule has 130 valence electrons. The number of carbonyl (C=O) groups is 3. The Labute approximate surface area is 145 Å². The molecule has 24 heavy (non-hydrogen) atoms. The molecule has 1 saturated carbocycles. The Hall–Kier alpha value is -2.28. The predicted molar refractivity (Wildman–Crippen MR) is 91.8 cm³/mol. The van der Waals surface area contributed by atoms with Gasteiger partial charge in [0, 0.05) is 17.8 Å². The van der Waals surface area contributed by atoms with E-state index in [-0.39, 0.29) is 0 Å². The number of aldehydes is 1. The van der Waals surface area contributed by atoms with Crippen molar-refractivity contribution in [2.45, 2.75) is 37.6 Å². The van der Waals surface area contributed by atoms with Crippen molar-refractivity contribution in [3.63, 3.8) is 0 Å². The number of urea groups is 2. The van der Waals surface area contributed by atoms with Crippen LogP contribution in [-0.2, 0) is 4.79 Å². The van der Waals surface area contributed by atoms with Gasteiger partial charge in [-0.3, -0.25) is 0 Å². The molecule has 2 rings (SSSR count). The number of hydrogen-bond donors (Lipinski definition) is 3. The monoisotopic (exact) mass is 352 g/mol. The van der Waals surface area contributed by atoms with Crippen LogP contribution in [-0.4, -0.2) is 35.9 Å². The Kier molecular flexibility index (Phi) is 6.03.